The topological polar surface area (TPSA) is 97.5 Å². The molecule has 2 aromatic heterocycles. The quantitative estimate of drug-likeness (QED) is 0.623. The molecule has 0 aromatic carbocycles. The monoisotopic (exact) mass is 371 g/mol. The zero-order valence-electron chi connectivity index (χ0n) is 15.6. The molecule has 0 aliphatic heterocycles. The molecule has 2 aromatic rings. The van der Waals surface area contributed by atoms with Crippen LogP contribution in [0.25, 0.3) is 0 Å². The molecule has 0 saturated heterocycles. The molecule has 2 N–H and O–H groups in total. The standard InChI is InChI=1S/C20H25N3O4/c1-5-9-20(25,10-6-2)15(4)22-19(24)18-11-17(27-23-18)13-26-16-8-7-14(3)21-12-16/h5-8,11-12,15,25H,1-2,9-10,13H2,3-4H3,(H,22,24). The predicted octanol–water partition coefficient (Wildman–Crippen LogP) is 2.96. The normalized spacial score (nSPS) is 12.3. The number of pyridine rings is 1. The Balaban J connectivity index is 1.96. The number of aromatic nitrogens is 2. The summed E-state index contributed by atoms with van der Waals surface area (Å²) in [6.07, 6.45) is 5.47. The second-order valence-electron chi connectivity index (χ2n) is 6.39. The van der Waals surface area contributed by atoms with Gasteiger partial charge >= 0.3 is 0 Å². The van der Waals surface area contributed by atoms with Crippen molar-refractivity contribution < 1.29 is 19.2 Å². The lowest BCUT2D eigenvalue weighted by Gasteiger charge is -2.32. The maximum atomic E-state index is 12.4. The molecule has 7 nitrogen and oxygen atoms in total. The van der Waals surface area contributed by atoms with Crippen LogP contribution in [0, 0.1) is 6.92 Å². The Morgan fingerprint density at radius 1 is 1.41 bits per heavy atom. The van der Waals surface area contributed by atoms with Crippen molar-refractivity contribution in [2.45, 2.75) is 44.9 Å². The molecular formula is C20H25N3O4. The van der Waals surface area contributed by atoms with Crippen molar-refractivity contribution in [1.82, 2.24) is 15.5 Å². The van der Waals surface area contributed by atoms with E-state index in [0.717, 1.165) is 5.69 Å². The van der Waals surface area contributed by atoms with Crippen molar-refractivity contribution in [2.75, 3.05) is 0 Å². The lowest BCUT2D eigenvalue weighted by atomic mass is 9.88. The zero-order chi connectivity index (χ0) is 19.9. The largest absolute Gasteiger partial charge is 0.484 e. The zero-order valence-corrected chi connectivity index (χ0v) is 15.6. The van der Waals surface area contributed by atoms with Gasteiger partial charge in [0.2, 0.25) is 0 Å². The van der Waals surface area contributed by atoms with Gasteiger partial charge in [-0.1, -0.05) is 17.3 Å². The van der Waals surface area contributed by atoms with Gasteiger partial charge in [0, 0.05) is 11.8 Å². The highest BCUT2D eigenvalue weighted by molar-refractivity contribution is 5.92. The SMILES string of the molecule is C=CCC(O)(CC=C)C(C)NC(=O)c1cc(COc2ccc(C)nc2)on1. The van der Waals surface area contributed by atoms with E-state index in [0.29, 0.717) is 24.4 Å². The summed E-state index contributed by atoms with van der Waals surface area (Å²) in [6.45, 7) is 11.0. The number of hydrogen-bond acceptors (Lipinski definition) is 6. The van der Waals surface area contributed by atoms with Crippen molar-refractivity contribution in [2.24, 2.45) is 0 Å². The molecule has 27 heavy (non-hydrogen) atoms. The molecule has 0 radical (unpaired) electrons. The lowest BCUT2D eigenvalue weighted by molar-refractivity contribution is 0.0126. The first-order chi connectivity index (χ1) is 12.9. The third kappa shape index (κ3) is 5.52. The van der Waals surface area contributed by atoms with Gasteiger partial charge < -0.3 is 19.7 Å². The van der Waals surface area contributed by atoms with Crippen molar-refractivity contribution in [1.29, 1.82) is 0 Å². The van der Waals surface area contributed by atoms with Gasteiger partial charge in [-0.15, -0.1) is 13.2 Å². The van der Waals surface area contributed by atoms with E-state index in [1.54, 1.807) is 31.3 Å². The summed E-state index contributed by atoms with van der Waals surface area (Å²) in [5.41, 5.74) is -0.155. The smallest absolute Gasteiger partial charge is 0.273 e. The first-order valence-electron chi connectivity index (χ1n) is 8.64. The minimum absolute atomic E-state index is 0.113. The van der Waals surface area contributed by atoms with Crippen LogP contribution >= 0.6 is 0 Å². The summed E-state index contributed by atoms with van der Waals surface area (Å²) < 4.78 is 10.7. The Hall–Kier alpha value is -2.93. The second kappa shape index (κ2) is 9.14. The van der Waals surface area contributed by atoms with Crippen LogP contribution in [-0.2, 0) is 6.61 Å². The Morgan fingerprint density at radius 3 is 2.70 bits per heavy atom. The van der Waals surface area contributed by atoms with Gasteiger partial charge in [0.15, 0.2) is 11.5 Å². The summed E-state index contributed by atoms with van der Waals surface area (Å²) in [5.74, 6) is 0.553. The Morgan fingerprint density at radius 2 is 2.11 bits per heavy atom. The molecule has 0 fully saturated rings. The van der Waals surface area contributed by atoms with Crippen molar-refractivity contribution in [3.63, 3.8) is 0 Å². The number of carbonyl (C=O) groups excluding carboxylic acids is 1. The molecule has 0 bridgehead atoms. The molecule has 0 spiro atoms. The molecule has 2 heterocycles. The van der Waals surface area contributed by atoms with E-state index in [4.69, 9.17) is 9.26 Å². The Bertz CT molecular complexity index is 773. The van der Waals surface area contributed by atoms with Crippen LogP contribution in [0.4, 0.5) is 0 Å². The highest BCUT2D eigenvalue weighted by atomic mass is 16.5. The van der Waals surface area contributed by atoms with E-state index >= 15 is 0 Å². The van der Waals surface area contributed by atoms with Gasteiger partial charge in [0.25, 0.3) is 5.91 Å². The molecule has 1 atom stereocenters. The minimum Gasteiger partial charge on any atom is -0.484 e. The molecule has 7 heteroatoms. The number of nitrogens with zero attached hydrogens (tertiary/aromatic N) is 2. The average Bonchev–Trinajstić information content (AvgIpc) is 3.11. The fraction of sp³-hybridized carbons (Fsp3) is 0.350. The number of ether oxygens (including phenoxy) is 1. The minimum atomic E-state index is -1.16. The lowest BCUT2D eigenvalue weighted by Crippen LogP contribution is -2.50. The third-order valence-electron chi connectivity index (χ3n) is 4.21. The number of amides is 1. The highest BCUT2D eigenvalue weighted by Gasteiger charge is 2.33. The van der Waals surface area contributed by atoms with Gasteiger partial charge in [0.05, 0.1) is 17.8 Å². The van der Waals surface area contributed by atoms with Crippen molar-refractivity contribution in [3.05, 3.63) is 66.9 Å². The van der Waals surface area contributed by atoms with Crippen molar-refractivity contribution >= 4 is 5.91 Å². The fourth-order valence-corrected chi connectivity index (χ4v) is 2.52. The summed E-state index contributed by atoms with van der Waals surface area (Å²) in [7, 11) is 0. The van der Waals surface area contributed by atoms with Gasteiger partial charge in [-0.3, -0.25) is 9.78 Å². The Labute approximate surface area is 158 Å². The molecule has 1 unspecified atom stereocenters. The Kier molecular flexibility index (Phi) is 6.90. The van der Waals surface area contributed by atoms with E-state index in [1.807, 2.05) is 13.0 Å². The van der Waals surface area contributed by atoms with E-state index in [9.17, 15) is 9.90 Å². The molecule has 0 aliphatic carbocycles. The summed E-state index contributed by atoms with van der Waals surface area (Å²) >= 11 is 0. The van der Waals surface area contributed by atoms with Gasteiger partial charge in [-0.2, -0.15) is 0 Å². The molecule has 0 saturated carbocycles. The number of aliphatic hydroxyl groups is 1. The van der Waals surface area contributed by atoms with Crippen LogP contribution in [-0.4, -0.2) is 32.8 Å². The third-order valence-corrected chi connectivity index (χ3v) is 4.21. The van der Waals surface area contributed by atoms with Crippen LogP contribution in [0.2, 0.25) is 0 Å². The van der Waals surface area contributed by atoms with Gasteiger partial charge in [0.1, 0.15) is 12.4 Å². The predicted molar refractivity (Wildman–Crippen MR) is 101 cm³/mol. The van der Waals surface area contributed by atoms with E-state index in [-0.39, 0.29) is 12.3 Å². The maximum absolute atomic E-state index is 12.4. The van der Waals surface area contributed by atoms with E-state index in [2.05, 4.69) is 28.6 Å². The first-order valence-corrected chi connectivity index (χ1v) is 8.64. The summed E-state index contributed by atoms with van der Waals surface area (Å²) in [6, 6.07) is 4.61. The maximum Gasteiger partial charge on any atom is 0.273 e. The van der Waals surface area contributed by atoms with Crippen LogP contribution in [0.5, 0.6) is 5.75 Å². The number of rotatable bonds is 10. The van der Waals surface area contributed by atoms with Crippen LogP contribution < -0.4 is 10.1 Å². The van der Waals surface area contributed by atoms with Crippen LogP contribution in [0.3, 0.4) is 0 Å². The van der Waals surface area contributed by atoms with Gasteiger partial charge in [-0.25, -0.2) is 0 Å². The first kappa shape index (κ1) is 20.4. The summed E-state index contributed by atoms with van der Waals surface area (Å²) in [5, 5.41) is 17.2. The number of nitrogens with one attached hydrogen (secondary N) is 1. The average molecular weight is 371 g/mol. The van der Waals surface area contributed by atoms with E-state index < -0.39 is 17.6 Å². The van der Waals surface area contributed by atoms with Gasteiger partial charge in [-0.05, 0) is 38.8 Å². The summed E-state index contributed by atoms with van der Waals surface area (Å²) in [4.78, 5) is 16.5. The highest BCUT2D eigenvalue weighted by Crippen LogP contribution is 2.21. The van der Waals surface area contributed by atoms with Crippen LogP contribution in [0.15, 0.2) is 54.2 Å². The molecular weight excluding hydrogens is 346 g/mol. The van der Waals surface area contributed by atoms with E-state index in [1.165, 1.54) is 6.07 Å². The fourth-order valence-electron chi connectivity index (χ4n) is 2.52. The second-order valence-corrected chi connectivity index (χ2v) is 6.39. The molecule has 0 aliphatic rings. The number of carbonyl (C=O) groups is 1. The molecule has 144 valence electrons. The molecule has 1 amide bonds. The number of aryl methyl sites for hydroxylation is 1. The number of hydrogen-bond donors (Lipinski definition) is 2. The van der Waals surface area contributed by atoms with Crippen LogP contribution in [0.1, 0.15) is 41.7 Å². The molecule has 2 rings (SSSR count). The van der Waals surface area contributed by atoms with Crippen molar-refractivity contribution in [3.8, 4) is 5.75 Å².